The van der Waals surface area contributed by atoms with Crippen LogP contribution in [-0.2, 0) is 0 Å². The molecule has 0 saturated carbocycles. The first kappa shape index (κ1) is 70.3. The normalized spacial score (nSPS) is 0. The minimum atomic E-state index is 0. The smallest absolute Gasteiger partial charge is 1.00 e. The SMILES string of the molecule is O.O.O.[Cl-].[K+]. The summed E-state index contributed by atoms with van der Waals surface area (Å²) in [5.74, 6) is 0. The molecule has 0 rings (SSSR count). The average molecular weight is 129 g/mol. The van der Waals surface area contributed by atoms with Crippen LogP contribution < -0.4 is 63.8 Å². The van der Waals surface area contributed by atoms with Gasteiger partial charge < -0.3 is 28.8 Å². The summed E-state index contributed by atoms with van der Waals surface area (Å²) in [6, 6.07) is 0. The van der Waals surface area contributed by atoms with Crippen LogP contribution in [0.15, 0.2) is 0 Å². The van der Waals surface area contributed by atoms with Gasteiger partial charge in [-0.15, -0.1) is 0 Å². The molecule has 0 aromatic carbocycles. The third-order valence-electron chi connectivity index (χ3n) is 0. The molecular formula is H6ClKO3. The van der Waals surface area contributed by atoms with Crippen LogP contribution in [0.3, 0.4) is 0 Å². The van der Waals surface area contributed by atoms with Crippen molar-refractivity contribution in [2.75, 3.05) is 0 Å². The van der Waals surface area contributed by atoms with Gasteiger partial charge in [-0.3, -0.25) is 0 Å². The van der Waals surface area contributed by atoms with Crippen LogP contribution in [0.5, 0.6) is 0 Å². The monoisotopic (exact) mass is 128 g/mol. The van der Waals surface area contributed by atoms with Crippen molar-refractivity contribution in [1.29, 1.82) is 0 Å². The van der Waals surface area contributed by atoms with Gasteiger partial charge in [0.15, 0.2) is 0 Å². The van der Waals surface area contributed by atoms with Crippen LogP contribution in [0.2, 0.25) is 0 Å². The van der Waals surface area contributed by atoms with Gasteiger partial charge in [0, 0.05) is 0 Å². The molecule has 0 unspecified atom stereocenters. The van der Waals surface area contributed by atoms with Gasteiger partial charge in [-0.05, 0) is 0 Å². The van der Waals surface area contributed by atoms with E-state index in [1.54, 1.807) is 0 Å². The average Bonchev–Trinajstić information content (AvgIpc) is 0. The second-order valence-corrected chi connectivity index (χ2v) is 0. The van der Waals surface area contributed by atoms with Gasteiger partial charge in [-0.25, -0.2) is 0 Å². The van der Waals surface area contributed by atoms with Crippen molar-refractivity contribution in [2.45, 2.75) is 0 Å². The minimum Gasteiger partial charge on any atom is -1.00 e. The van der Waals surface area contributed by atoms with E-state index in [1.165, 1.54) is 0 Å². The fourth-order valence-electron chi connectivity index (χ4n) is 0. The van der Waals surface area contributed by atoms with Gasteiger partial charge in [0.2, 0.25) is 0 Å². The molecule has 5 heavy (non-hydrogen) atoms. The molecular weight excluding hydrogens is 123 g/mol. The molecule has 0 bridgehead atoms. The predicted molar refractivity (Wildman–Crippen MR) is 10.8 cm³/mol. The maximum Gasteiger partial charge on any atom is 1.00 e. The number of rotatable bonds is 0. The van der Waals surface area contributed by atoms with Crippen molar-refractivity contribution in [2.24, 2.45) is 0 Å². The summed E-state index contributed by atoms with van der Waals surface area (Å²) in [7, 11) is 0. The van der Waals surface area contributed by atoms with Crippen LogP contribution in [0.25, 0.3) is 0 Å². The first-order chi connectivity index (χ1) is 0. The molecule has 3 nitrogen and oxygen atoms in total. The zero-order valence-corrected chi connectivity index (χ0v) is 6.76. The topological polar surface area (TPSA) is 94.5 Å². The summed E-state index contributed by atoms with van der Waals surface area (Å²) >= 11 is 0. The summed E-state index contributed by atoms with van der Waals surface area (Å²) in [5, 5.41) is 0. The Hall–Kier alpha value is 1.81. The Balaban J connectivity index is 0. The molecule has 0 aliphatic heterocycles. The summed E-state index contributed by atoms with van der Waals surface area (Å²) in [6.07, 6.45) is 0. The van der Waals surface area contributed by atoms with E-state index in [4.69, 9.17) is 0 Å². The van der Waals surface area contributed by atoms with Gasteiger partial charge in [0.1, 0.15) is 0 Å². The molecule has 0 radical (unpaired) electrons. The van der Waals surface area contributed by atoms with E-state index in [2.05, 4.69) is 0 Å². The van der Waals surface area contributed by atoms with Gasteiger partial charge in [-0.1, -0.05) is 0 Å². The van der Waals surface area contributed by atoms with Crippen molar-refractivity contribution in [1.82, 2.24) is 0 Å². The summed E-state index contributed by atoms with van der Waals surface area (Å²) in [5.41, 5.74) is 0. The van der Waals surface area contributed by atoms with E-state index in [-0.39, 0.29) is 80.2 Å². The van der Waals surface area contributed by atoms with Crippen molar-refractivity contribution in [3.05, 3.63) is 0 Å². The molecule has 0 aliphatic carbocycles. The molecule has 0 aromatic rings. The first-order valence-corrected chi connectivity index (χ1v) is 0. The van der Waals surface area contributed by atoms with Crippen molar-refractivity contribution >= 4 is 0 Å². The molecule has 0 heterocycles. The molecule has 0 aliphatic rings. The van der Waals surface area contributed by atoms with Crippen LogP contribution in [0.1, 0.15) is 0 Å². The minimum absolute atomic E-state index is 0. The molecule has 0 atom stereocenters. The Morgan fingerprint density at radius 1 is 0.600 bits per heavy atom. The summed E-state index contributed by atoms with van der Waals surface area (Å²) in [6.45, 7) is 0. The summed E-state index contributed by atoms with van der Waals surface area (Å²) < 4.78 is 0. The largest absolute Gasteiger partial charge is 1.00 e. The Morgan fingerprint density at radius 3 is 0.600 bits per heavy atom. The van der Waals surface area contributed by atoms with Crippen LogP contribution >= 0.6 is 0 Å². The van der Waals surface area contributed by atoms with Crippen molar-refractivity contribution < 1.29 is 80.2 Å². The zero-order chi connectivity index (χ0) is 0. The van der Waals surface area contributed by atoms with E-state index >= 15 is 0 Å². The molecule has 0 amide bonds. The van der Waals surface area contributed by atoms with Gasteiger partial charge in [0.25, 0.3) is 0 Å². The Bertz CT molecular complexity index is 6.85. The number of hydrogen-bond donors (Lipinski definition) is 0. The number of hydrogen-bond acceptors (Lipinski definition) is 0. The quantitative estimate of drug-likeness (QED) is 0.290. The summed E-state index contributed by atoms with van der Waals surface area (Å²) in [4.78, 5) is 0. The van der Waals surface area contributed by atoms with Crippen LogP contribution in [0, 0.1) is 0 Å². The molecule has 5 heteroatoms. The van der Waals surface area contributed by atoms with Crippen molar-refractivity contribution in [3.63, 3.8) is 0 Å². The molecule has 0 spiro atoms. The van der Waals surface area contributed by atoms with E-state index in [0.29, 0.717) is 0 Å². The number of halogens is 1. The van der Waals surface area contributed by atoms with Gasteiger partial charge in [-0.2, -0.15) is 0 Å². The van der Waals surface area contributed by atoms with Gasteiger partial charge in [0.05, 0.1) is 0 Å². The predicted octanol–water partition coefficient (Wildman–Crippen LogP) is -8.47. The zero-order valence-electron chi connectivity index (χ0n) is 2.88. The second-order valence-electron chi connectivity index (χ2n) is 0. The second kappa shape index (κ2) is 41.1. The van der Waals surface area contributed by atoms with E-state index in [0.717, 1.165) is 0 Å². The van der Waals surface area contributed by atoms with Gasteiger partial charge >= 0.3 is 51.4 Å². The van der Waals surface area contributed by atoms with E-state index in [1.807, 2.05) is 0 Å². The van der Waals surface area contributed by atoms with Crippen molar-refractivity contribution in [3.8, 4) is 0 Å². The van der Waals surface area contributed by atoms with E-state index < -0.39 is 0 Å². The molecule has 0 saturated heterocycles. The Labute approximate surface area is 78.9 Å². The third kappa shape index (κ3) is 25.8. The van der Waals surface area contributed by atoms with Crippen LogP contribution in [-0.4, -0.2) is 16.4 Å². The molecule has 0 aromatic heterocycles. The maximum absolute atomic E-state index is 0. The molecule has 0 fully saturated rings. The molecule has 32 valence electrons. The fourth-order valence-corrected chi connectivity index (χ4v) is 0. The molecule has 6 N–H and O–H groups in total. The standard InChI is InChI=1S/ClH.K.3H2O/h1H;;3*1H2/q;+1;;;/p-1. The fraction of sp³-hybridized carbons (Fsp3) is 0. The van der Waals surface area contributed by atoms with Crippen LogP contribution in [0.4, 0.5) is 0 Å². The Morgan fingerprint density at radius 2 is 0.600 bits per heavy atom. The van der Waals surface area contributed by atoms with E-state index in [9.17, 15) is 0 Å². The Kier molecular flexibility index (Phi) is 578. The maximum atomic E-state index is 0. The third-order valence-corrected chi connectivity index (χ3v) is 0. The first-order valence-electron chi connectivity index (χ1n) is 0.